The van der Waals surface area contributed by atoms with Crippen LogP contribution in [0, 0.1) is 6.92 Å². The number of aromatic amines is 1. The Morgan fingerprint density at radius 1 is 1.60 bits per heavy atom. The molecule has 8 heteroatoms. The third kappa shape index (κ3) is 3.27. The SMILES string of the molecule is Cc1[nH]ncc1CNC(=O)N1CC(C)(OCC(=O)O)C1. The van der Waals surface area contributed by atoms with Crippen molar-refractivity contribution in [3.8, 4) is 0 Å². The van der Waals surface area contributed by atoms with Crippen molar-refractivity contribution >= 4 is 12.0 Å². The molecule has 1 aromatic rings. The number of nitrogens with one attached hydrogen (secondary N) is 2. The lowest BCUT2D eigenvalue weighted by Gasteiger charge is -2.46. The Labute approximate surface area is 116 Å². The summed E-state index contributed by atoms with van der Waals surface area (Å²) in [6.07, 6.45) is 1.67. The molecule has 1 saturated heterocycles. The molecule has 1 aromatic heterocycles. The Hall–Kier alpha value is -2.09. The number of aliphatic carboxylic acids is 1. The highest BCUT2D eigenvalue weighted by Crippen LogP contribution is 2.24. The van der Waals surface area contributed by atoms with Gasteiger partial charge in [-0.1, -0.05) is 0 Å². The Morgan fingerprint density at radius 3 is 2.85 bits per heavy atom. The number of carboxylic acids is 1. The molecule has 0 atom stereocenters. The number of aromatic nitrogens is 2. The number of carbonyl (C=O) groups excluding carboxylic acids is 1. The van der Waals surface area contributed by atoms with Crippen LogP contribution in [0.25, 0.3) is 0 Å². The largest absolute Gasteiger partial charge is 0.480 e. The first-order chi connectivity index (χ1) is 9.39. The molecule has 0 radical (unpaired) electrons. The van der Waals surface area contributed by atoms with Crippen LogP contribution in [0.1, 0.15) is 18.2 Å². The summed E-state index contributed by atoms with van der Waals surface area (Å²) in [7, 11) is 0. The standard InChI is InChI=1S/C12H18N4O4/c1-8-9(4-14-15-8)3-13-11(19)16-6-12(2,7-16)20-5-10(17)18/h4H,3,5-7H2,1-2H3,(H,13,19)(H,14,15)(H,17,18). The minimum absolute atomic E-state index is 0.193. The highest BCUT2D eigenvalue weighted by molar-refractivity contribution is 5.75. The van der Waals surface area contributed by atoms with Gasteiger partial charge in [0.15, 0.2) is 0 Å². The van der Waals surface area contributed by atoms with Gasteiger partial charge in [0.05, 0.1) is 19.3 Å². The van der Waals surface area contributed by atoms with Crippen LogP contribution in [0.2, 0.25) is 0 Å². The van der Waals surface area contributed by atoms with E-state index in [1.807, 2.05) is 6.92 Å². The van der Waals surface area contributed by atoms with Crippen molar-refractivity contribution < 1.29 is 19.4 Å². The maximum Gasteiger partial charge on any atom is 0.329 e. The molecule has 20 heavy (non-hydrogen) atoms. The van der Waals surface area contributed by atoms with E-state index in [2.05, 4.69) is 15.5 Å². The number of likely N-dealkylation sites (tertiary alicyclic amines) is 1. The van der Waals surface area contributed by atoms with Gasteiger partial charge >= 0.3 is 12.0 Å². The van der Waals surface area contributed by atoms with Crippen LogP contribution < -0.4 is 5.32 Å². The molecule has 0 aliphatic carbocycles. The average molecular weight is 282 g/mol. The number of aryl methyl sites for hydroxylation is 1. The molecule has 8 nitrogen and oxygen atoms in total. The smallest absolute Gasteiger partial charge is 0.329 e. The summed E-state index contributed by atoms with van der Waals surface area (Å²) in [6, 6.07) is -0.193. The third-order valence-electron chi connectivity index (χ3n) is 3.25. The predicted octanol–water partition coefficient (Wildman–Crippen LogP) is 0.103. The maximum atomic E-state index is 11.9. The lowest BCUT2D eigenvalue weighted by molar-refractivity contribution is -0.159. The second kappa shape index (κ2) is 5.49. The number of urea groups is 1. The Balaban J connectivity index is 1.73. The fourth-order valence-corrected chi connectivity index (χ4v) is 2.07. The van der Waals surface area contributed by atoms with Crippen molar-refractivity contribution in [3.05, 3.63) is 17.5 Å². The van der Waals surface area contributed by atoms with E-state index >= 15 is 0 Å². The van der Waals surface area contributed by atoms with Crippen LogP contribution in [-0.2, 0) is 16.1 Å². The predicted molar refractivity (Wildman–Crippen MR) is 69.1 cm³/mol. The highest BCUT2D eigenvalue weighted by Gasteiger charge is 2.42. The van der Waals surface area contributed by atoms with Gasteiger partial charge < -0.3 is 20.1 Å². The van der Waals surface area contributed by atoms with Gasteiger partial charge in [-0.2, -0.15) is 5.10 Å². The first-order valence-electron chi connectivity index (χ1n) is 6.27. The summed E-state index contributed by atoms with van der Waals surface area (Å²) < 4.78 is 5.24. The summed E-state index contributed by atoms with van der Waals surface area (Å²) in [5.74, 6) is -1.01. The summed E-state index contributed by atoms with van der Waals surface area (Å²) in [5.41, 5.74) is 1.29. The van der Waals surface area contributed by atoms with E-state index in [4.69, 9.17) is 9.84 Å². The summed E-state index contributed by atoms with van der Waals surface area (Å²) in [4.78, 5) is 23.9. The molecule has 1 aliphatic rings. The molecule has 2 rings (SSSR count). The first kappa shape index (κ1) is 14.3. The molecule has 2 amide bonds. The van der Waals surface area contributed by atoms with E-state index < -0.39 is 11.6 Å². The van der Waals surface area contributed by atoms with E-state index in [1.54, 1.807) is 18.0 Å². The molecule has 3 N–H and O–H groups in total. The van der Waals surface area contributed by atoms with E-state index in [0.717, 1.165) is 11.3 Å². The molecule has 0 unspecified atom stereocenters. The molecule has 2 heterocycles. The zero-order chi connectivity index (χ0) is 14.8. The molecular weight excluding hydrogens is 264 g/mol. The van der Waals surface area contributed by atoms with Crippen molar-refractivity contribution in [2.45, 2.75) is 26.0 Å². The number of carbonyl (C=O) groups is 2. The molecule has 1 aliphatic heterocycles. The number of hydrogen-bond acceptors (Lipinski definition) is 4. The van der Waals surface area contributed by atoms with Crippen molar-refractivity contribution in [3.63, 3.8) is 0 Å². The zero-order valence-corrected chi connectivity index (χ0v) is 11.5. The van der Waals surface area contributed by atoms with Crippen molar-refractivity contribution in [2.75, 3.05) is 19.7 Å². The lowest BCUT2D eigenvalue weighted by Crippen LogP contribution is -2.65. The molecule has 110 valence electrons. The van der Waals surface area contributed by atoms with Crippen molar-refractivity contribution in [1.82, 2.24) is 20.4 Å². The molecule has 1 fully saturated rings. The van der Waals surface area contributed by atoms with Crippen LogP contribution in [0.15, 0.2) is 6.20 Å². The fraction of sp³-hybridized carbons (Fsp3) is 0.583. The number of hydrogen-bond donors (Lipinski definition) is 3. The number of rotatable bonds is 5. The second-order valence-electron chi connectivity index (χ2n) is 5.17. The Morgan fingerprint density at radius 2 is 2.30 bits per heavy atom. The molecule has 0 saturated carbocycles. The number of amides is 2. The normalized spacial score (nSPS) is 16.6. The van der Waals surface area contributed by atoms with Crippen molar-refractivity contribution in [2.24, 2.45) is 0 Å². The van der Waals surface area contributed by atoms with Crippen LogP contribution in [0.5, 0.6) is 0 Å². The first-order valence-corrected chi connectivity index (χ1v) is 6.27. The molecular formula is C12H18N4O4. The Kier molecular flexibility index (Phi) is 3.93. The van der Waals surface area contributed by atoms with Gasteiger partial charge in [-0.25, -0.2) is 9.59 Å². The maximum absolute atomic E-state index is 11.9. The van der Waals surface area contributed by atoms with Gasteiger partial charge in [-0.05, 0) is 13.8 Å². The van der Waals surface area contributed by atoms with Crippen LogP contribution in [-0.4, -0.2) is 57.5 Å². The minimum atomic E-state index is -1.01. The van der Waals surface area contributed by atoms with Gasteiger partial charge in [0, 0.05) is 17.8 Å². The Bertz CT molecular complexity index is 507. The summed E-state index contributed by atoms with van der Waals surface area (Å²) in [5, 5.41) is 18.0. The molecule has 0 aromatic carbocycles. The minimum Gasteiger partial charge on any atom is -0.480 e. The zero-order valence-electron chi connectivity index (χ0n) is 11.5. The quantitative estimate of drug-likeness (QED) is 0.710. The van der Waals surface area contributed by atoms with Gasteiger partial charge in [0.2, 0.25) is 0 Å². The molecule has 0 spiro atoms. The van der Waals surface area contributed by atoms with Gasteiger partial charge in [-0.3, -0.25) is 5.10 Å². The number of H-pyrrole nitrogens is 1. The van der Waals surface area contributed by atoms with Crippen LogP contribution in [0.3, 0.4) is 0 Å². The summed E-state index contributed by atoms with van der Waals surface area (Å²) >= 11 is 0. The monoisotopic (exact) mass is 282 g/mol. The average Bonchev–Trinajstić information content (AvgIpc) is 2.75. The van der Waals surface area contributed by atoms with Gasteiger partial charge in [0.25, 0.3) is 0 Å². The molecule has 0 bridgehead atoms. The van der Waals surface area contributed by atoms with E-state index in [0.29, 0.717) is 19.6 Å². The lowest BCUT2D eigenvalue weighted by atomic mass is 9.97. The topological polar surface area (TPSA) is 108 Å². The number of ether oxygens (including phenoxy) is 1. The van der Waals surface area contributed by atoms with Gasteiger partial charge in [-0.15, -0.1) is 0 Å². The van der Waals surface area contributed by atoms with E-state index in [9.17, 15) is 9.59 Å². The van der Waals surface area contributed by atoms with E-state index in [1.165, 1.54) is 0 Å². The highest BCUT2D eigenvalue weighted by atomic mass is 16.5. The number of nitrogens with zero attached hydrogens (tertiary/aromatic N) is 2. The number of carboxylic acid groups (broad SMARTS) is 1. The van der Waals surface area contributed by atoms with E-state index in [-0.39, 0.29) is 12.6 Å². The van der Waals surface area contributed by atoms with Crippen molar-refractivity contribution in [1.29, 1.82) is 0 Å². The third-order valence-corrected chi connectivity index (χ3v) is 3.25. The van der Waals surface area contributed by atoms with Crippen LogP contribution in [0.4, 0.5) is 4.79 Å². The van der Waals surface area contributed by atoms with Gasteiger partial charge in [0.1, 0.15) is 12.2 Å². The summed E-state index contributed by atoms with van der Waals surface area (Å²) in [6.45, 7) is 4.51. The fourth-order valence-electron chi connectivity index (χ4n) is 2.07. The second-order valence-corrected chi connectivity index (χ2v) is 5.17. The van der Waals surface area contributed by atoms with Crippen LogP contribution >= 0.6 is 0 Å².